The van der Waals surface area contributed by atoms with Gasteiger partial charge in [-0.2, -0.15) is 9.97 Å². The van der Waals surface area contributed by atoms with E-state index in [4.69, 9.17) is 31.1 Å². The van der Waals surface area contributed by atoms with Gasteiger partial charge < -0.3 is 34.3 Å². The molecule has 4 atom stereocenters. The van der Waals surface area contributed by atoms with Gasteiger partial charge in [-0.1, -0.05) is 18.2 Å². The Morgan fingerprint density at radius 2 is 1.91 bits per heavy atom. The van der Waals surface area contributed by atoms with E-state index in [0.717, 1.165) is 0 Å². The average molecular weight is 490 g/mol. The summed E-state index contributed by atoms with van der Waals surface area (Å²) >= 11 is 6.11. The van der Waals surface area contributed by atoms with Gasteiger partial charge in [-0.15, -0.1) is 0 Å². The third-order valence-electron chi connectivity index (χ3n) is 4.99. The number of rotatable bonds is 8. The van der Waals surface area contributed by atoms with Crippen molar-refractivity contribution in [3.8, 4) is 0 Å². The Morgan fingerprint density at radius 1 is 1.31 bits per heavy atom. The minimum absolute atomic E-state index is 0.0560. The number of aliphatic hydroxyl groups is 2. The summed E-state index contributed by atoms with van der Waals surface area (Å²) in [4.78, 5) is 12.2. The van der Waals surface area contributed by atoms with Crippen molar-refractivity contribution in [2.45, 2.75) is 70.7 Å². The number of nitrogen functional groups attached to an aromatic ring is 1. The topological polar surface area (TPSA) is 155 Å². The molecule has 1 aliphatic carbocycles. The lowest BCUT2D eigenvalue weighted by atomic mass is 9.97. The molecule has 0 aromatic carbocycles. The molecule has 178 valence electrons. The molecule has 1 saturated carbocycles. The highest BCUT2D eigenvalue weighted by Gasteiger charge is 2.55. The van der Waals surface area contributed by atoms with E-state index in [1.165, 1.54) is 17.8 Å². The summed E-state index contributed by atoms with van der Waals surface area (Å²) in [5, 5.41) is 22.1. The predicted octanol–water partition coefficient (Wildman–Crippen LogP) is 2.67. The third kappa shape index (κ3) is 4.70. The second kappa shape index (κ2) is 8.98. The van der Waals surface area contributed by atoms with Crippen LogP contribution in [0.2, 0.25) is 5.15 Å². The average Bonchev–Trinajstić information content (AvgIpc) is 3.10. The first-order valence-electron chi connectivity index (χ1n) is 10.1. The molecular weight excluding hydrogens is 461 g/mol. The van der Waals surface area contributed by atoms with E-state index in [-0.39, 0.29) is 34.5 Å². The molecule has 0 spiro atoms. The van der Waals surface area contributed by atoms with E-state index >= 15 is 0 Å². The normalized spacial score (nSPS) is 26.7. The molecule has 13 heteroatoms. The van der Waals surface area contributed by atoms with E-state index in [1.54, 1.807) is 27.7 Å². The van der Waals surface area contributed by atoms with Crippen LogP contribution in [0.5, 0.6) is 0 Å². The molecule has 1 fully saturated rings. The van der Waals surface area contributed by atoms with E-state index in [9.17, 15) is 14.8 Å². The highest BCUT2D eigenvalue weighted by molar-refractivity contribution is 7.53. The molecule has 0 aliphatic heterocycles. The number of aromatic nitrogens is 4. The van der Waals surface area contributed by atoms with Crippen molar-refractivity contribution in [3.05, 3.63) is 23.6 Å². The minimum atomic E-state index is -3.64. The Labute approximate surface area is 191 Å². The van der Waals surface area contributed by atoms with Crippen LogP contribution in [0.25, 0.3) is 11.2 Å². The van der Waals surface area contributed by atoms with Crippen LogP contribution in [-0.4, -0.2) is 66.1 Å². The first-order valence-corrected chi connectivity index (χ1v) is 12.2. The standard InChI is InChI=1S/C19H29ClN5O6P/c1-9(2)30-32(28,31-10(3)4)8-29-13-11(5)14(19(6,27)15(13)26)25-7-22-12-16(20)23-18(21)24-17(12)25/h7,9-10,13-15,26-27H,5,8H2,1-4,6H3,(H2,21,23,24)/t13-,14+,15+,19-/m0/s1. The molecule has 1 aliphatic rings. The summed E-state index contributed by atoms with van der Waals surface area (Å²) in [5.41, 5.74) is 4.84. The van der Waals surface area contributed by atoms with Gasteiger partial charge in [0, 0.05) is 0 Å². The Bertz CT molecular complexity index is 1040. The molecule has 3 rings (SSSR count). The minimum Gasteiger partial charge on any atom is -0.387 e. The zero-order valence-electron chi connectivity index (χ0n) is 18.6. The molecule has 0 radical (unpaired) electrons. The van der Waals surface area contributed by atoms with Crippen molar-refractivity contribution in [2.75, 3.05) is 12.1 Å². The fraction of sp³-hybridized carbons (Fsp3) is 0.632. The van der Waals surface area contributed by atoms with Crippen LogP contribution < -0.4 is 5.73 Å². The number of nitrogens with zero attached hydrogens (tertiary/aromatic N) is 4. The second-order valence-corrected chi connectivity index (χ2v) is 10.7. The Morgan fingerprint density at radius 3 is 2.47 bits per heavy atom. The molecule has 0 bridgehead atoms. The smallest absolute Gasteiger partial charge is 0.356 e. The van der Waals surface area contributed by atoms with Crippen molar-refractivity contribution in [3.63, 3.8) is 0 Å². The van der Waals surface area contributed by atoms with Gasteiger partial charge in [-0.3, -0.25) is 4.57 Å². The van der Waals surface area contributed by atoms with Crippen molar-refractivity contribution in [1.82, 2.24) is 19.5 Å². The highest BCUT2D eigenvalue weighted by Crippen LogP contribution is 2.52. The van der Waals surface area contributed by atoms with Gasteiger partial charge in [0.25, 0.3) is 0 Å². The van der Waals surface area contributed by atoms with Crippen LogP contribution in [0.3, 0.4) is 0 Å². The number of imidazole rings is 1. The van der Waals surface area contributed by atoms with Gasteiger partial charge in [0.2, 0.25) is 5.95 Å². The van der Waals surface area contributed by atoms with Crippen LogP contribution in [-0.2, 0) is 18.3 Å². The number of nitrogens with two attached hydrogens (primary N) is 1. The molecule has 32 heavy (non-hydrogen) atoms. The number of hydrogen-bond donors (Lipinski definition) is 3. The zero-order valence-corrected chi connectivity index (χ0v) is 20.2. The summed E-state index contributed by atoms with van der Waals surface area (Å²) < 4.78 is 31.4. The highest BCUT2D eigenvalue weighted by atomic mass is 35.5. The fourth-order valence-corrected chi connectivity index (χ4v) is 5.87. The molecule has 4 N–H and O–H groups in total. The van der Waals surface area contributed by atoms with Gasteiger partial charge in [0.05, 0.1) is 24.6 Å². The van der Waals surface area contributed by atoms with Gasteiger partial charge in [0.15, 0.2) is 10.8 Å². The molecule has 0 unspecified atom stereocenters. The first kappa shape index (κ1) is 25.0. The zero-order chi connectivity index (χ0) is 24.0. The van der Waals surface area contributed by atoms with Crippen LogP contribution >= 0.6 is 19.2 Å². The predicted molar refractivity (Wildman–Crippen MR) is 119 cm³/mol. The van der Waals surface area contributed by atoms with Gasteiger partial charge >= 0.3 is 7.60 Å². The van der Waals surface area contributed by atoms with Crippen molar-refractivity contribution in [1.29, 1.82) is 0 Å². The summed E-state index contributed by atoms with van der Waals surface area (Å²) in [5.74, 6) is -0.0709. The number of anilines is 1. The van der Waals surface area contributed by atoms with Crippen LogP contribution in [0.4, 0.5) is 5.95 Å². The molecule has 2 heterocycles. The third-order valence-corrected chi connectivity index (χ3v) is 7.20. The molecule has 2 aromatic rings. The Hall–Kier alpha value is -1.59. The molecule has 0 saturated heterocycles. The maximum absolute atomic E-state index is 13.1. The molecule has 11 nitrogen and oxygen atoms in total. The maximum atomic E-state index is 13.1. The van der Waals surface area contributed by atoms with Crippen molar-refractivity contribution >= 4 is 36.3 Å². The molecule has 2 aromatic heterocycles. The maximum Gasteiger partial charge on any atom is 0.356 e. The van der Waals surface area contributed by atoms with E-state index in [1.807, 2.05) is 0 Å². The summed E-state index contributed by atoms with van der Waals surface area (Å²) in [6.07, 6.45) is -2.25. The number of aliphatic hydroxyl groups excluding tert-OH is 1. The second-order valence-electron chi connectivity index (χ2n) is 8.48. The Kier molecular flexibility index (Phi) is 7.03. The van der Waals surface area contributed by atoms with E-state index < -0.39 is 37.8 Å². The van der Waals surface area contributed by atoms with Crippen LogP contribution in [0.15, 0.2) is 18.5 Å². The number of fused-ring (bicyclic) bond motifs is 1. The van der Waals surface area contributed by atoms with Crippen LogP contribution in [0, 0.1) is 0 Å². The number of hydrogen-bond acceptors (Lipinski definition) is 10. The van der Waals surface area contributed by atoms with Gasteiger partial charge in [0.1, 0.15) is 29.7 Å². The quantitative estimate of drug-likeness (QED) is 0.286. The Balaban J connectivity index is 1.92. The SMILES string of the molecule is C=C1[C@H](OCP(=O)(OC(C)C)OC(C)C)[C@@H](O)[C@@](C)(O)[C@@H]1n1cnc2c(Cl)nc(N)nc21. The first-order chi connectivity index (χ1) is 14.8. The fourth-order valence-electron chi connectivity index (χ4n) is 3.85. The van der Waals surface area contributed by atoms with E-state index in [2.05, 4.69) is 21.5 Å². The van der Waals surface area contributed by atoms with Gasteiger partial charge in [-0.05, 0) is 40.2 Å². The van der Waals surface area contributed by atoms with E-state index in [0.29, 0.717) is 5.57 Å². The summed E-state index contributed by atoms with van der Waals surface area (Å²) in [6.45, 7) is 12.4. The summed E-state index contributed by atoms with van der Waals surface area (Å²) in [6, 6.07) is -0.894. The van der Waals surface area contributed by atoms with Crippen LogP contribution in [0.1, 0.15) is 40.7 Å². The molecule has 0 amide bonds. The molecular formula is C19H29ClN5O6P. The lowest BCUT2D eigenvalue weighted by Gasteiger charge is -2.29. The lowest BCUT2D eigenvalue weighted by molar-refractivity contribution is -0.0994. The monoisotopic (exact) mass is 489 g/mol. The van der Waals surface area contributed by atoms with Crippen molar-refractivity contribution in [2.24, 2.45) is 0 Å². The number of halogens is 1. The van der Waals surface area contributed by atoms with Crippen molar-refractivity contribution < 1.29 is 28.6 Å². The largest absolute Gasteiger partial charge is 0.387 e. The lowest BCUT2D eigenvalue weighted by Crippen LogP contribution is -2.44. The van der Waals surface area contributed by atoms with Gasteiger partial charge in [-0.25, -0.2) is 4.98 Å². The number of ether oxygens (including phenoxy) is 1. The summed E-state index contributed by atoms with van der Waals surface area (Å²) in [7, 11) is -3.64.